The summed E-state index contributed by atoms with van der Waals surface area (Å²) in [5, 5.41) is 19.9. The van der Waals surface area contributed by atoms with Gasteiger partial charge in [0.2, 0.25) is 0 Å². The van der Waals surface area contributed by atoms with E-state index in [9.17, 15) is 24.3 Å². The van der Waals surface area contributed by atoms with Gasteiger partial charge in [-0.3, -0.25) is 14.3 Å². The molecule has 0 saturated carbocycles. The number of nitrogens with two attached hydrogens (primary N) is 1. The van der Waals surface area contributed by atoms with Crippen LogP contribution in [0.15, 0.2) is 30.5 Å². The molecule has 13 atom stereocenters. The van der Waals surface area contributed by atoms with Crippen LogP contribution in [-0.4, -0.2) is 141 Å². The van der Waals surface area contributed by atoms with E-state index in [1.807, 2.05) is 50.3 Å². The number of ether oxygens (including phenoxy) is 5. The van der Waals surface area contributed by atoms with E-state index in [0.29, 0.717) is 37.2 Å². The number of fused-ring (bicyclic) bond motifs is 1. The Morgan fingerprint density at radius 1 is 1.05 bits per heavy atom. The van der Waals surface area contributed by atoms with Crippen molar-refractivity contribution in [2.45, 2.75) is 154 Å². The quantitative estimate of drug-likeness (QED) is 0.138. The molecule has 3 N–H and O–H groups in total. The number of unbranched alkanes of at least 4 members (excludes halogenated alkanes) is 1. The average molecular weight is 845 g/mol. The lowest BCUT2D eigenvalue weighted by Gasteiger charge is -2.47. The van der Waals surface area contributed by atoms with Gasteiger partial charge in [0, 0.05) is 55.2 Å². The number of aromatic nitrogens is 3. The number of benzene rings is 1. The molecule has 0 unspecified atom stereocenters. The maximum atomic E-state index is 16.9. The fraction of sp³-hybridized carbons (Fsp3) is 0.721. The lowest BCUT2D eigenvalue weighted by atomic mass is 9.73. The molecule has 334 valence electrons. The summed E-state index contributed by atoms with van der Waals surface area (Å²) in [5.74, 6) is -5.85. The predicted octanol–water partition coefficient (Wildman–Crippen LogP) is 4.60. The van der Waals surface area contributed by atoms with Gasteiger partial charge in [-0.05, 0) is 86.0 Å². The van der Waals surface area contributed by atoms with Crippen molar-refractivity contribution in [2.24, 2.45) is 17.8 Å². The van der Waals surface area contributed by atoms with Gasteiger partial charge in [-0.15, -0.1) is 5.10 Å². The van der Waals surface area contributed by atoms with Crippen LogP contribution in [0.1, 0.15) is 87.5 Å². The number of alkyl halides is 1. The predicted molar refractivity (Wildman–Crippen MR) is 219 cm³/mol. The smallest absolute Gasteiger partial charge is 0.410 e. The van der Waals surface area contributed by atoms with Crippen LogP contribution in [0.2, 0.25) is 0 Å². The maximum Gasteiger partial charge on any atom is 0.410 e. The van der Waals surface area contributed by atoms with E-state index >= 15 is 4.39 Å². The molecular formula is C43H65FN6O10. The molecular weight excluding hydrogens is 780 g/mol. The summed E-state index contributed by atoms with van der Waals surface area (Å²) in [7, 11) is 5.04. The third-order valence-corrected chi connectivity index (χ3v) is 12.9. The lowest BCUT2D eigenvalue weighted by molar-refractivity contribution is -0.295. The number of Topliss-reactive ketones (excluding diaryl/α,β-unsaturated/α-hetero) is 2. The Kier molecular flexibility index (Phi) is 14.5. The van der Waals surface area contributed by atoms with Crippen molar-refractivity contribution in [3.8, 4) is 11.3 Å². The van der Waals surface area contributed by atoms with Gasteiger partial charge in [-0.25, -0.2) is 14.0 Å². The molecule has 3 aliphatic rings. The first-order valence-corrected chi connectivity index (χ1v) is 21.0. The largest absolute Gasteiger partial charge is 0.455 e. The Morgan fingerprint density at radius 2 is 1.73 bits per heavy atom. The number of aryl methyl sites for hydroxylation is 1. The highest BCUT2D eigenvalue weighted by molar-refractivity contribution is 6.08. The zero-order valence-corrected chi connectivity index (χ0v) is 36.9. The first kappa shape index (κ1) is 47.0. The summed E-state index contributed by atoms with van der Waals surface area (Å²) in [6.07, 6.45) is -2.57. The van der Waals surface area contributed by atoms with Gasteiger partial charge < -0.3 is 44.3 Å². The van der Waals surface area contributed by atoms with Crippen LogP contribution in [0.4, 0.5) is 14.9 Å². The van der Waals surface area contributed by atoms with Crippen molar-refractivity contribution in [2.75, 3.05) is 33.5 Å². The van der Waals surface area contributed by atoms with Gasteiger partial charge in [0.1, 0.15) is 23.7 Å². The molecule has 17 heteroatoms. The highest BCUT2D eigenvalue weighted by Gasteiger charge is 2.61. The van der Waals surface area contributed by atoms with Crippen molar-refractivity contribution in [1.29, 1.82) is 0 Å². The molecule has 2 aromatic rings. The number of aliphatic hydroxyl groups excluding tert-OH is 1. The highest BCUT2D eigenvalue weighted by Crippen LogP contribution is 2.44. The third kappa shape index (κ3) is 9.39. The fourth-order valence-corrected chi connectivity index (χ4v) is 9.51. The normalized spacial score (nSPS) is 37.1. The van der Waals surface area contributed by atoms with Crippen molar-refractivity contribution in [3.05, 3.63) is 30.5 Å². The van der Waals surface area contributed by atoms with Gasteiger partial charge >= 0.3 is 12.1 Å². The van der Waals surface area contributed by atoms with Crippen molar-refractivity contribution < 1.29 is 52.4 Å². The summed E-state index contributed by atoms with van der Waals surface area (Å²) in [6.45, 7) is 13.1. The number of likely N-dealkylation sites (N-methyl/N-ethyl adjacent to an activating group) is 1. The zero-order valence-electron chi connectivity index (χ0n) is 36.9. The summed E-state index contributed by atoms with van der Waals surface area (Å²) in [5.41, 5.74) is 1.80. The molecule has 3 fully saturated rings. The summed E-state index contributed by atoms with van der Waals surface area (Å²) >= 11 is 0. The second kappa shape index (κ2) is 18.5. The Balaban J connectivity index is 1.45. The maximum absolute atomic E-state index is 16.9. The summed E-state index contributed by atoms with van der Waals surface area (Å²) < 4.78 is 49.2. The SMILES string of the molecule is CC[C@H]1OC(=O)[C@@](C)(F)C(=O)[C@@H](C)[C@@H](O[C@H]2O[C@H](C)C[C@H](N(C)C)[C@H]2O)[C@@](C)(OC)C[C@@H](C)C(=O)[C@H](C)[C@H]2N(CCCCn3cc(-c4cccc(N)c4)nn3)C(=O)O[C@]12C. The molecule has 0 radical (unpaired) electrons. The number of esters is 1. The Labute approximate surface area is 352 Å². The van der Waals surface area contributed by atoms with Gasteiger partial charge in [-0.2, -0.15) is 0 Å². The number of carbonyl (C=O) groups excluding carboxylic acids is 4. The topological polar surface area (TPSA) is 198 Å². The number of halogens is 1. The van der Waals surface area contributed by atoms with E-state index in [2.05, 4.69) is 10.3 Å². The molecule has 3 saturated heterocycles. The average Bonchev–Trinajstić information content (AvgIpc) is 3.78. The van der Waals surface area contributed by atoms with E-state index in [4.69, 9.17) is 29.4 Å². The molecule has 1 aromatic heterocycles. The van der Waals surface area contributed by atoms with E-state index in [-0.39, 0.29) is 37.3 Å². The lowest BCUT2D eigenvalue weighted by Crippen LogP contribution is -2.61. The highest BCUT2D eigenvalue weighted by atomic mass is 19.1. The van der Waals surface area contributed by atoms with Crippen molar-refractivity contribution in [3.63, 3.8) is 0 Å². The van der Waals surface area contributed by atoms with Gasteiger partial charge in [0.15, 0.2) is 17.7 Å². The molecule has 0 bridgehead atoms. The van der Waals surface area contributed by atoms with Crippen LogP contribution in [0.5, 0.6) is 0 Å². The Hall–Kier alpha value is -4.03. The van der Waals surface area contributed by atoms with Crippen LogP contribution in [-0.2, 0) is 44.6 Å². The number of nitrogens with zero attached hydrogens (tertiary/aromatic N) is 5. The number of methoxy groups -OCH3 is 1. The van der Waals surface area contributed by atoms with Crippen LogP contribution in [0.3, 0.4) is 0 Å². The van der Waals surface area contributed by atoms with Crippen LogP contribution in [0, 0.1) is 17.8 Å². The van der Waals surface area contributed by atoms with Crippen LogP contribution in [0.25, 0.3) is 11.3 Å². The van der Waals surface area contributed by atoms with E-state index in [1.54, 1.807) is 45.4 Å². The number of anilines is 1. The molecule has 1 aromatic carbocycles. The van der Waals surface area contributed by atoms with Crippen molar-refractivity contribution >= 4 is 29.3 Å². The van der Waals surface area contributed by atoms with Crippen molar-refractivity contribution in [1.82, 2.24) is 24.8 Å². The second-order valence-corrected chi connectivity index (χ2v) is 17.8. The molecule has 0 aliphatic carbocycles. The number of carbonyl (C=O) groups is 4. The van der Waals surface area contributed by atoms with Gasteiger partial charge in [-0.1, -0.05) is 45.0 Å². The summed E-state index contributed by atoms with van der Waals surface area (Å²) in [4.78, 5) is 60.1. The molecule has 1 amide bonds. The van der Waals surface area contributed by atoms with Gasteiger partial charge in [0.25, 0.3) is 5.67 Å². The number of hydrogen-bond donors (Lipinski definition) is 2. The molecule has 16 nitrogen and oxygen atoms in total. The first-order valence-electron chi connectivity index (χ1n) is 21.0. The standard InChI is InChI=1S/C43H65FN6O10/c1-12-32-43(8)35(50(40(55)60-43)19-14-13-18-49-23-30(46-47-49)28-16-15-17-29(45)21-28)26(4)33(51)24(2)22-41(6,56-11)37(27(5)36(53)42(7,44)39(54)58-32)59-38-34(52)31(48(9)10)20-25(3)57-38/h15-17,21,23-27,31-32,34-35,37-38,52H,12-14,18-20,22,45H2,1-11H3/t24-,25-,26+,27-,31+,32-,34-,35-,37-,38-,41+,42+,43-/m1/s1. The number of aliphatic hydroxyl groups is 1. The second-order valence-electron chi connectivity index (χ2n) is 17.8. The number of amides is 1. The number of nitrogen functional groups attached to an aromatic ring is 1. The minimum atomic E-state index is -3.19. The van der Waals surface area contributed by atoms with E-state index < -0.39 is 83.1 Å². The molecule has 60 heavy (non-hydrogen) atoms. The molecule has 3 aliphatic heterocycles. The minimum Gasteiger partial charge on any atom is -0.455 e. The van der Waals surface area contributed by atoms with E-state index in [0.717, 1.165) is 12.5 Å². The number of hydrogen-bond acceptors (Lipinski definition) is 14. The monoisotopic (exact) mass is 844 g/mol. The number of rotatable bonds is 11. The van der Waals surface area contributed by atoms with Gasteiger partial charge in [0.05, 0.1) is 30.0 Å². The minimum absolute atomic E-state index is 0.0111. The number of cyclic esters (lactones) is 1. The zero-order chi connectivity index (χ0) is 44.5. The van der Waals surface area contributed by atoms with E-state index in [1.165, 1.54) is 18.9 Å². The third-order valence-electron chi connectivity index (χ3n) is 12.9. The molecule has 4 heterocycles. The number of ketones is 2. The van der Waals surface area contributed by atoms with Crippen LogP contribution < -0.4 is 5.73 Å². The van der Waals surface area contributed by atoms with Crippen LogP contribution >= 0.6 is 0 Å². The first-order chi connectivity index (χ1) is 28.1. The Morgan fingerprint density at radius 3 is 2.37 bits per heavy atom. The summed E-state index contributed by atoms with van der Waals surface area (Å²) in [6, 6.07) is 6.02. The fourth-order valence-electron chi connectivity index (χ4n) is 9.51. The molecule has 5 rings (SSSR count). The Bertz CT molecular complexity index is 1860. The molecule has 0 spiro atoms.